The molecule has 1 rings (SSSR count). The van der Waals surface area contributed by atoms with Gasteiger partial charge in [0.2, 0.25) is 11.8 Å². The number of carbonyl (C=O) groups excluding carboxylic acids is 2. The first-order chi connectivity index (χ1) is 10.1. The van der Waals surface area contributed by atoms with Crippen LogP contribution >= 0.6 is 11.6 Å². The number of methoxy groups -OCH3 is 1. The zero-order chi connectivity index (χ0) is 15.7. The van der Waals surface area contributed by atoms with Crippen LogP contribution < -0.4 is 15.4 Å². The number of nitrogens with one attached hydrogen (secondary N) is 2. The van der Waals surface area contributed by atoms with Gasteiger partial charge in [0.05, 0.1) is 18.7 Å². The lowest BCUT2D eigenvalue weighted by atomic mass is 10.2. The molecule has 0 aliphatic heterocycles. The van der Waals surface area contributed by atoms with Crippen LogP contribution in [0.15, 0.2) is 18.2 Å². The molecule has 0 aliphatic carbocycles. The van der Waals surface area contributed by atoms with Crippen molar-refractivity contribution in [2.24, 2.45) is 0 Å². The van der Waals surface area contributed by atoms with Gasteiger partial charge in [-0.25, -0.2) is 0 Å². The summed E-state index contributed by atoms with van der Waals surface area (Å²) in [6.07, 6.45) is 1.46. The van der Waals surface area contributed by atoms with E-state index < -0.39 is 0 Å². The van der Waals surface area contributed by atoms with E-state index in [1.54, 1.807) is 18.2 Å². The first-order valence-corrected chi connectivity index (χ1v) is 6.95. The van der Waals surface area contributed by atoms with Gasteiger partial charge in [-0.2, -0.15) is 0 Å². The standard InChI is InChI=1S/C14H19ClN2O4/c1-21-12-6-5-10(8-11(12)15)17-14(20)9-16-13(19)4-2-3-7-18/h5-6,8,18H,2-4,7,9H2,1H3,(H,16,19)(H,17,20). The Kier molecular flexibility index (Phi) is 7.56. The maximum absolute atomic E-state index is 11.7. The van der Waals surface area contributed by atoms with E-state index in [1.165, 1.54) is 7.11 Å². The summed E-state index contributed by atoms with van der Waals surface area (Å²) in [5.74, 6) is -0.0371. The number of carbonyl (C=O) groups is 2. The number of hydrogen-bond donors (Lipinski definition) is 3. The summed E-state index contributed by atoms with van der Waals surface area (Å²) in [6.45, 7) is -0.0480. The van der Waals surface area contributed by atoms with Crippen LogP contribution in [0.25, 0.3) is 0 Å². The summed E-state index contributed by atoms with van der Waals surface area (Å²) in [5.41, 5.74) is 0.528. The Hall–Kier alpha value is -1.79. The van der Waals surface area contributed by atoms with Gasteiger partial charge in [0.25, 0.3) is 0 Å². The van der Waals surface area contributed by atoms with Gasteiger partial charge in [0.1, 0.15) is 5.75 Å². The molecule has 7 heteroatoms. The maximum Gasteiger partial charge on any atom is 0.243 e. The number of anilines is 1. The Morgan fingerprint density at radius 1 is 1.29 bits per heavy atom. The highest BCUT2D eigenvalue weighted by molar-refractivity contribution is 6.32. The van der Waals surface area contributed by atoms with Gasteiger partial charge in [0.15, 0.2) is 0 Å². The van der Waals surface area contributed by atoms with Gasteiger partial charge in [-0.1, -0.05) is 11.6 Å². The van der Waals surface area contributed by atoms with Crippen LogP contribution in [0.3, 0.4) is 0 Å². The summed E-state index contributed by atoms with van der Waals surface area (Å²) >= 11 is 5.94. The molecule has 0 aliphatic rings. The summed E-state index contributed by atoms with van der Waals surface area (Å²) < 4.78 is 5.01. The van der Waals surface area contributed by atoms with Crippen molar-refractivity contribution in [2.75, 3.05) is 25.6 Å². The number of benzene rings is 1. The summed E-state index contributed by atoms with van der Waals surface area (Å²) in [4.78, 5) is 23.1. The van der Waals surface area contributed by atoms with Crippen LogP contribution in [-0.4, -0.2) is 37.2 Å². The summed E-state index contributed by atoms with van der Waals surface area (Å²) in [6, 6.07) is 4.87. The van der Waals surface area contributed by atoms with Crippen molar-refractivity contribution < 1.29 is 19.4 Å². The highest BCUT2D eigenvalue weighted by atomic mass is 35.5. The number of amides is 2. The number of aliphatic hydroxyl groups is 1. The number of aliphatic hydroxyl groups excluding tert-OH is 1. The molecule has 0 atom stereocenters. The van der Waals surface area contributed by atoms with Crippen LogP contribution in [0, 0.1) is 0 Å². The van der Waals surface area contributed by atoms with Crippen molar-refractivity contribution in [3.8, 4) is 5.75 Å². The third-order valence-electron chi connectivity index (χ3n) is 2.69. The Labute approximate surface area is 128 Å². The second-order valence-electron chi connectivity index (χ2n) is 4.35. The minimum atomic E-state index is -0.341. The molecule has 1 aromatic rings. The second-order valence-corrected chi connectivity index (χ2v) is 4.76. The predicted molar refractivity (Wildman–Crippen MR) is 80.6 cm³/mol. The Morgan fingerprint density at radius 2 is 2.05 bits per heavy atom. The molecule has 0 bridgehead atoms. The lowest BCUT2D eigenvalue weighted by Gasteiger charge is -2.09. The normalized spacial score (nSPS) is 10.0. The minimum Gasteiger partial charge on any atom is -0.495 e. The molecular formula is C14H19ClN2O4. The van der Waals surface area contributed by atoms with E-state index in [0.29, 0.717) is 35.7 Å². The van der Waals surface area contributed by atoms with Gasteiger partial charge in [0, 0.05) is 18.7 Å². The lowest BCUT2D eigenvalue weighted by molar-refractivity contribution is -0.124. The average molecular weight is 315 g/mol. The van der Waals surface area contributed by atoms with Crippen LogP contribution in [0.1, 0.15) is 19.3 Å². The van der Waals surface area contributed by atoms with Crippen molar-refractivity contribution in [3.05, 3.63) is 23.2 Å². The van der Waals surface area contributed by atoms with Crippen LogP contribution in [0.5, 0.6) is 5.75 Å². The van der Waals surface area contributed by atoms with Crippen LogP contribution in [-0.2, 0) is 9.59 Å². The molecule has 0 heterocycles. The highest BCUT2D eigenvalue weighted by Gasteiger charge is 2.07. The summed E-state index contributed by atoms with van der Waals surface area (Å²) in [7, 11) is 1.51. The smallest absolute Gasteiger partial charge is 0.243 e. The largest absolute Gasteiger partial charge is 0.495 e. The number of halogens is 1. The van der Waals surface area contributed by atoms with Gasteiger partial charge in [-0.15, -0.1) is 0 Å². The number of unbranched alkanes of at least 4 members (excludes halogenated alkanes) is 1. The molecule has 1 aromatic carbocycles. The molecule has 0 saturated carbocycles. The molecule has 0 spiro atoms. The zero-order valence-corrected chi connectivity index (χ0v) is 12.6. The molecule has 21 heavy (non-hydrogen) atoms. The van der Waals surface area contributed by atoms with E-state index in [4.69, 9.17) is 21.4 Å². The fraction of sp³-hybridized carbons (Fsp3) is 0.429. The van der Waals surface area contributed by atoms with Gasteiger partial charge >= 0.3 is 0 Å². The molecule has 0 fully saturated rings. The number of hydrogen-bond acceptors (Lipinski definition) is 4. The molecule has 0 unspecified atom stereocenters. The average Bonchev–Trinajstić information content (AvgIpc) is 2.46. The Balaban J connectivity index is 2.36. The van der Waals surface area contributed by atoms with Gasteiger partial charge < -0.3 is 20.5 Å². The quantitative estimate of drug-likeness (QED) is 0.636. The number of ether oxygens (including phenoxy) is 1. The third kappa shape index (κ3) is 6.46. The topological polar surface area (TPSA) is 87.7 Å². The van der Waals surface area contributed by atoms with Gasteiger partial charge in [-0.3, -0.25) is 9.59 Å². The van der Waals surface area contributed by atoms with Crippen molar-refractivity contribution in [1.82, 2.24) is 5.32 Å². The van der Waals surface area contributed by atoms with E-state index in [2.05, 4.69) is 10.6 Å². The third-order valence-corrected chi connectivity index (χ3v) is 2.99. The monoisotopic (exact) mass is 314 g/mol. The fourth-order valence-electron chi connectivity index (χ4n) is 1.61. The van der Waals surface area contributed by atoms with E-state index in [0.717, 1.165) is 0 Å². The molecule has 2 amide bonds. The lowest BCUT2D eigenvalue weighted by Crippen LogP contribution is -2.32. The fourth-order valence-corrected chi connectivity index (χ4v) is 1.87. The zero-order valence-electron chi connectivity index (χ0n) is 11.8. The van der Waals surface area contributed by atoms with Crippen molar-refractivity contribution >= 4 is 29.1 Å². The van der Waals surface area contributed by atoms with Crippen molar-refractivity contribution in [1.29, 1.82) is 0 Å². The molecule has 0 radical (unpaired) electrons. The van der Waals surface area contributed by atoms with Crippen LogP contribution in [0.4, 0.5) is 5.69 Å². The number of rotatable bonds is 8. The first kappa shape index (κ1) is 17.3. The summed E-state index contributed by atoms with van der Waals surface area (Å²) in [5, 5.41) is 14.1. The second kappa shape index (κ2) is 9.20. The highest BCUT2D eigenvalue weighted by Crippen LogP contribution is 2.27. The molecule has 3 N–H and O–H groups in total. The van der Waals surface area contributed by atoms with Crippen molar-refractivity contribution in [3.63, 3.8) is 0 Å². The first-order valence-electron chi connectivity index (χ1n) is 6.57. The van der Waals surface area contributed by atoms with E-state index in [9.17, 15) is 9.59 Å². The van der Waals surface area contributed by atoms with E-state index in [1.807, 2.05) is 0 Å². The SMILES string of the molecule is COc1ccc(NC(=O)CNC(=O)CCCCO)cc1Cl. The molecule has 6 nitrogen and oxygen atoms in total. The molecular weight excluding hydrogens is 296 g/mol. The Bertz CT molecular complexity index is 494. The Morgan fingerprint density at radius 3 is 2.67 bits per heavy atom. The predicted octanol–water partition coefficient (Wildman–Crippen LogP) is 1.57. The minimum absolute atomic E-state index is 0.0615. The molecule has 116 valence electrons. The van der Waals surface area contributed by atoms with Gasteiger partial charge in [-0.05, 0) is 31.0 Å². The molecule has 0 aromatic heterocycles. The van der Waals surface area contributed by atoms with E-state index >= 15 is 0 Å². The maximum atomic E-state index is 11.7. The van der Waals surface area contributed by atoms with Crippen LogP contribution in [0.2, 0.25) is 5.02 Å². The van der Waals surface area contributed by atoms with Crippen molar-refractivity contribution in [2.45, 2.75) is 19.3 Å². The van der Waals surface area contributed by atoms with E-state index in [-0.39, 0.29) is 25.0 Å². The molecule has 0 saturated heterocycles.